The number of carboxylic acids is 2. The molecule has 0 amide bonds. The zero-order valence-electron chi connectivity index (χ0n) is 34.0. The number of carbonyl (C=O) groups is 2. The molecule has 0 aromatic carbocycles. The van der Waals surface area contributed by atoms with E-state index in [0.29, 0.717) is 0 Å². The summed E-state index contributed by atoms with van der Waals surface area (Å²) < 4.78 is 3.25. The van der Waals surface area contributed by atoms with Gasteiger partial charge in [-0.3, -0.25) is 0 Å². The van der Waals surface area contributed by atoms with Gasteiger partial charge in [-0.25, -0.2) is 0 Å². The molecule has 288 valence electrons. The second-order valence-electron chi connectivity index (χ2n) is 13.9. The Morgan fingerprint density at radius 2 is 0.620 bits per heavy atom. The van der Waals surface area contributed by atoms with Gasteiger partial charge >= 0.3 is 93.5 Å². The van der Waals surface area contributed by atoms with Gasteiger partial charge in [-0.2, -0.15) is 0 Å². The first-order chi connectivity index (χ1) is 24.0. The summed E-state index contributed by atoms with van der Waals surface area (Å²) in [7, 11) is 0. The molecule has 0 saturated heterocycles. The Kier molecular flexibility index (Phi) is 63.3. The van der Waals surface area contributed by atoms with Crippen molar-refractivity contribution in [3.8, 4) is 0 Å². The van der Waals surface area contributed by atoms with Crippen LogP contribution >= 0.6 is 0 Å². The molecule has 6 heteroatoms. The summed E-state index contributed by atoms with van der Waals surface area (Å²) in [4.78, 5) is 20.4. The molecule has 4 nitrogen and oxygen atoms in total. The monoisotopic (exact) mass is 916 g/mol. The summed E-state index contributed by atoms with van der Waals surface area (Å²) >= 11 is 0.149. The third-order valence-corrected chi connectivity index (χ3v) is 12.7. The number of carboxylic acid groups (broad SMARTS) is 2. The molecule has 0 saturated carbocycles. The third kappa shape index (κ3) is 66.3. The Labute approximate surface area is 340 Å². The molecule has 0 radical (unpaired) electrons. The summed E-state index contributed by atoms with van der Waals surface area (Å²) in [6, 6.07) is 0. The van der Waals surface area contributed by atoms with Gasteiger partial charge in [0.15, 0.2) is 0 Å². The van der Waals surface area contributed by atoms with Crippen LogP contribution in [-0.2, 0) is 9.59 Å². The number of hydrogen-bond donors (Lipinski definition) is 0. The van der Waals surface area contributed by atoms with E-state index in [4.69, 9.17) is 0 Å². The van der Waals surface area contributed by atoms with Crippen molar-refractivity contribution in [3.63, 3.8) is 0 Å². The molecule has 0 unspecified atom stereocenters. The standard InChI is InChI=1S/2C18H34O2.2C4H9.2Sn/c2*1-2-3-4-5-6-7-8-9-10-11-12-13-14-15-16-17-18(19)20;2*1-3-4-2;;/h2*9-10H,2-8,11-17H2,1H3,(H,19,20);2*1,3-4H2,2H3;;/q;;;;+2;+4/p-2. The molecule has 0 N–H and O–H groups in total. The summed E-state index contributed by atoms with van der Waals surface area (Å²) in [5.41, 5.74) is 0. The van der Waals surface area contributed by atoms with Crippen LogP contribution in [0.5, 0.6) is 0 Å². The summed E-state index contributed by atoms with van der Waals surface area (Å²) in [6.45, 7) is 9.09. The van der Waals surface area contributed by atoms with Crippen LogP contribution in [-0.4, -0.2) is 57.0 Å². The van der Waals surface area contributed by atoms with Gasteiger partial charge in [0.25, 0.3) is 0 Å². The zero-order valence-corrected chi connectivity index (χ0v) is 39.7. The molecule has 0 spiro atoms. The summed E-state index contributed by atoms with van der Waals surface area (Å²) in [5.74, 6) is -1.83. The molecule has 0 bridgehead atoms. The average molecular weight is 915 g/mol. The van der Waals surface area contributed by atoms with Crippen molar-refractivity contribution in [1.82, 2.24) is 0 Å². The van der Waals surface area contributed by atoms with E-state index in [1.54, 1.807) is 8.87 Å². The van der Waals surface area contributed by atoms with Crippen molar-refractivity contribution in [2.45, 2.75) is 242 Å². The molecular formula is C44H84O4Sn2+4. The van der Waals surface area contributed by atoms with Gasteiger partial charge in [0, 0.05) is 11.9 Å². The van der Waals surface area contributed by atoms with Crippen LogP contribution in [0.3, 0.4) is 0 Å². The van der Waals surface area contributed by atoms with E-state index in [2.05, 4.69) is 52.0 Å². The van der Waals surface area contributed by atoms with Gasteiger partial charge in [0.2, 0.25) is 0 Å². The van der Waals surface area contributed by atoms with Crippen molar-refractivity contribution >= 4 is 57.0 Å². The second kappa shape index (κ2) is 55.8. The number of carbonyl (C=O) groups excluding carboxylic acids is 2. The third-order valence-electron chi connectivity index (χ3n) is 8.70. The molecule has 0 rings (SSSR count). The number of allylic oxidation sites excluding steroid dienone is 4. The van der Waals surface area contributed by atoms with E-state index < -0.39 is 11.9 Å². The normalized spacial score (nSPS) is 10.6. The first kappa shape index (κ1) is 56.8. The topological polar surface area (TPSA) is 80.3 Å². The van der Waals surface area contributed by atoms with Crippen LogP contribution in [0.15, 0.2) is 24.3 Å². The number of unbranched alkanes of at least 4 members (excludes halogenated alkanes) is 24. The fourth-order valence-corrected chi connectivity index (χ4v) is 9.57. The average Bonchev–Trinajstić information content (AvgIpc) is 3.08. The number of aliphatic carboxylic acids is 2. The Morgan fingerprint density at radius 3 is 0.880 bits per heavy atom. The maximum atomic E-state index is 10.2. The van der Waals surface area contributed by atoms with E-state index in [1.165, 1.54) is 154 Å². The Balaban J connectivity index is -0.000000336. The SMILES string of the molecule is CCCCCCCCC=CCCCCCCCC(=O)[O-].CCCCCCCCC=CCCCCCCCC(=O)[O-].CCC[CH2][Sn+2][CH2]CCC.[Sn+4]. The van der Waals surface area contributed by atoms with Gasteiger partial charge in [-0.1, -0.05) is 141 Å². The number of hydrogen-bond acceptors (Lipinski definition) is 4. The van der Waals surface area contributed by atoms with E-state index in [0.717, 1.165) is 38.5 Å². The maximum Gasteiger partial charge on any atom is 4.00 e. The van der Waals surface area contributed by atoms with Crippen LogP contribution < -0.4 is 10.2 Å². The first-order valence-electron chi connectivity index (χ1n) is 21.4. The molecule has 0 fully saturated rings. The van der Waals surface area contributed by atoms with Crippen molar-refractivity contribution in [3.05, 3.63) is 24.3 Å². The quantitative estimate of drug-likeness (QED) is 0.0356. The summed E-state index contributed by atoms with van der Waals surface area (Å²) in [5, 5.41) is 20.4. The largest absolute Gasteiger partial charge is 4.00 e. The van der Waals surface area contributed by atoms with Crippen molar-refractivity contribution in [2.75, 3.05) is 0 Å². The van der Waals surface area contributed by atoms with Gasteiger partial charge < -0.3 is 19.8 Å². The molecular weight excluding hydrogens is 830 g/mol. The second-order valence-corrected chi connectivity index (χ2v) is 18.2. The Morgan fingerprint density at radius 1 is 0.380 bits per heavy atom. The van der Waals surface area contributed by atoms with E-state index >= 15 is 0 Å². The van der Waals surface area contributed by atoms with Gasteiger partial charge in [-0.15, -0.1) is 0 Å². The van der Waals surface area contributed by atoms with E-state index in [-0.39, 0.29) is 57.9 Å². The van der Waals surface area contributed by atoms with Crippen LogP contribution in [0.1, 0.15) is 233 Å². The van der Waals surface area contributed by atoms with E-state index in [1.807, 2.05) is 0 Å². The van der Waals surface area contributed by atoms with Gasteiger partial charge in [0.05, 0.1) is 0 Å². The smallest absolute Gasteiger partial charge is 4.00 e. The molecule has 0 aromatic heterocycles. The van der Waals surface area contributed by atoms with Crippen molar-refractivity contribution in [2.24, 2.45) is 0 Å². The molecule has 0 aliphatic rings. The molecule has 0 aliphatic carbocycles. The fourth-order valence-electron chi connectivity index (χ4n) is 5.41. The Hall–Kier alpha value is 0.0174. The zero-order chi connectivity index (χ0) is 36.7. The predicted octanol–water partition coefficient (Wildman–Crippen LogP) is 12.3. The van der Waals surface area contributed by atoms with Crippen molar-refractivity contribution in [1.29, 1.82) is 0 Å². The van der Waals surface area contributed by atoms with Crippen LogP contribution in [0, 0.1) is 0 Å². The van der Waals surface area contributed by atoms with Crippen LogP contribution in [0.25, 0.3) is 0 Å². The number of rotatable bonds is 36. The molecule has 0 heterocycles. The molecule has 0 aromatic rings. The van der Waals surface area contributed by atoms with Crippen molar-refractivity contribution < 1.29 is 19.8 Å². The minimum absolute atomic E-state index is 0. The van der Waals surface area contributed by atoms with Gasteiger partial charge in [-0.05, 0) is 77.0 Å². The fraction of sp³-hybridized carbons (Fsp3) is 0.864. The molecule has 50 heavy (non-hydrogen) atoms. The maximum absolute atomic E-state index is 10.2. The van der Waals surface area contributed by atoms with Crippen LogP contribution in [0.4, 0.5) is 0 Å². The predicted molar refractivity (Wildman–Crippen MR) is 220 cm³/mol. The molecule has 0 aliphatic heterocycles. The van der Waals surface area contributed by atoms with Gasteiger partial charge in [0.1, 0.15) is 0 Å². The first-order valence-corrected chi connectivity index (χ1v) is 25.4. The van der Waals surface area contributed by atoms with E-state index in [9.17, 15) is 19.8 Å². The molecule has 0 atom stereocenters. The Bertz CT molecular complexity index is 625. The van der Waals surface area contributed by atoms with Crippen LogP contribution in [0.2, 0.25) is 8.87 Å². The minimum atomic E-state index is -0.914. The summed E-state index contributed by atoms with van der Waals surface area (Å²) in [6.07, 6.45) is 47.6. The minimum Gasteiger partial charge on any atom is 4.00 e.